The van der Waals surface area contributed by atoms with Gasteiger partial charge in [0.05, 0.1) is 6.61 Å². The monoisotopic (exact) mass is 294 g/mol. The van der Waals surface area contributed by atoms with Crippen LogP contribution in [0.3, 0.4) is 0 Å². The van der Waals surface area contributed by atoms with E-state index >= 15 is 0 Å². The molecule has 0 saturated carbocycles. The summed E-state index contributed by atoms with van der Waals surface area (Å²) in [4.78, 5) is 2.41. The van der Waals surface area contributed by atoms with Crippen LogP contribution >= 0.6 is 0 Å². The fraction of sp³-hybridized carbons (Fsp3) is 0.765. The summed E-state index contributed by atoms with van der Waals surface area (Å²) in [5.74, 6) is 1.93. The van der Waals surface area contributed by atoms with Gasteiger partial charge in [-0.1, -0.05) is 20.3 Å². The van der Waals surface area contributed by atoms with Crippen molar-refractivity contribution in [3.8, 4) is 0 Å². The molecule has 4 heteroatoms. The first kappa shape index (κ1) is 16.5. The molecule has 2 heterocycles. The van der Waals surface area contributed by atoms with Crippen LogP contribution in [0.15, 0.2) is 10.5 Å². The third-order valence-corrected chi connectivity index (χ3v) is 4.25. The van der Waals surface area contributed by atoms with E-state index in [0.29, 0.717) is 18.7 Å². The zero-order valence-electron chi connectivity index (χ0n) is 13.9. The van der Waals surface area contributed by atoms with E-state index in [1.54, 1.807) is 0 Å². The molecule has 0 amide bonds. The predicted octanol–water partition coefficient (Wildman–Crippen LogP) is 3.09. The van der Waals surface area contributed by atoms with Gasteiger partial charge in [-0.25, -0.2) is 0 Å². The summed E-state index contributed by atoms with van der Waals surface area (Å²) in [6, 6.07) is 3.17. The van der Waals surface area contributed by atoms with Gasteiger partial charge >= 0.3 is 0 Å². The zero-order valence-corrected chi connectivity index (χ0v) is 13.9. The molecule has 0 aromatic carbocycles. The van der Waals surface area contributed by atoms with Gasteiger partial charge in [0, 0.05) is 24.2 Å². The molecule has 1 aromatic rings. The van der Waals surface area contributed by atoms with Crippen LogP contribution in [0.5, 0.6) is 0 Å². The number of hydrogen-bond acceptors (Lipinski definition) is 4. The number of hydrogen-bond donors (Lipinski definition) is 1. The Bertz CT molecular complexity index is 428. The zero-order chi connectivity index (χ0) is 15.2. The molecule has 0 bridgehead atoms. The molecule has 1 saturated heterocycles. The molecule has 1 aromatic heterocycles. The van der Waals surface area contributed by atoms with Crippen molar-refractivity contribution in [1.82, 2.24) is 10.2 Å². The van der Waals surface area contributed by atoms with Crippen molar-refractivity contribution in [3.05, 3.63) is 23.2 Å². The summed E-state index contributed by atoms with van der Waals surface area (Å²) >= 11 is 0. The van der Waals surface area contributed by atoms with Crippen LogP contribution in [0.2, 0.25) is 0 Å². The molecule has 2 rings (SSSR count). The number of aryl methyl sites for hydroxylation is 1. The van der Waals surface area contributed by atoms with E-state index in [4.69, 9.17) is 9.15 Å². The number of rotatable bonds is 7. The van der Waals surface area contributed by atoms with E-state index in [2.05, 4.69) is 37.2 Å². The summed E-state index contributed by atoms with van der Waals surface area (Å²) in [6.07, 6.45) is 3.89. The molecule has 1 N–H and O–H groups in total. The van der Waals surface area contributed by atoms with Crippen molar-refractivity contribution < 1.29 is 9.15 Å². The Morgan fingerprint density at radius 3 is 2.95 bits per heavy atom. The van der Waals surface area contributed by atoms with Crippen LogP contribution in [0.25, 0.3) is 0 Å². The fourth-order valence-electron chi connectivity index (χ4n) is 2.80. The average Bonchev–Trinajstić information content (AvgIpc) is 2.79. The molecule has 4 nitrogen and oxygen atoms in total. The molecule has 0 aliphatic carbocycles. The average molecular weight is 294 g/mol. The van der Waals surface area contributed by atoms with Crippen molar-refractivity contribution in [2.45, 2.75) is 65.3 Å². The van der Waals surface area contributed by atoms with Gasteiger partial charge in [0.25, 0.3) is 0 Å². The van der Waals surface area contributed by atoms with E-state index in [0.717, 1.165) is 24.7 Å². The highest BCUT2D eigenvalue weighted by atomic mass is 16.5. The minimum absolute atomic E-state index is 0.487. The van der Waals surface area contributed by atoms with Gasteiger partial charge in [-0.3, -0.25) is 0 Å². The Kier molecular flexibility index (Phi) is 6.27. The number of ether oxygens (including phenoxy) is 1. The fourth-order valence-corrected chi connectivity index (χ4v) is 2.80. The summed E-state index contributed by atoms with van der Waals surface area (Å²) in [5.41, 5.74) is 1.23. The topological polar surface area (TPSA) is 37.6 Å². The van der Waals surface area contributed by atoms with Gasteiger partial charge in [-0.15, -0.1) is 0 Å². The van der Waals surface area contributed by atoms with Gasteiger partial charge in [-0.2, -0.15) is 0 Å². The normalized spacial score (nSPS) is 20.3. The van der Waals surface area contributed by atoms with E-state index in [1.807, 2.05) is 6.92 Å². The number of piperidine rings is 1. The van der Waals surface area contributed by atoms with Crippen LogP contribution in [-0.2, 0) is 17.9 Å². The molecule has 0 spiro atoms. The molecule has 21 heavy (non-hydrogen) atoms. The summed E-state index contributed by atoms with van der Waals surface area (Å²) < 4.78 is 11.7. The molecule has 1 unspecified atom stereocenters. The third kappa shape index (κ3) is 5.13. The molecule has 1 fully saturated rings. The van der Waals surface area contributed by atoms with E-state index in [-0.39, 0.29) is 0 Å². The van der Waals surface area contributed by atoms with Crippen molar-refractivity contribution >= 4 is 0 Å². The number of likely N-dealkylation sites (N-methyl/N-ethyl adjacent to an activating group) is 1. The Hall–Kier alpha value is -0.840. The number of likely N-dealkylation sites (tertiary alicyclic amines) is 1. The van der Waals surface area contributed by atoms with Gasteiger partial charge in [0.15, 0.2) is 0 Å². The molecule has 1 aliphatic rings. The molecule has 1 aliphatic heterocycles. The van der Waals surface area contributed by atoms with Crippen LogP contribution in [0.4, 0.5) is 0 Å². The van der Waals surface area contributed by atoms with Crippen LogP contribution in [0.1, 0.15) is 50.2 Å². The number of furan rings is 1. The lowest BCUT2D eigenvalue weighted by molar-refractivity contribution is 0.0372. The van der Waals surface area contributed by atoms with Gasteiger partial charge in [-0.05, 0) is 39.4 Å². The van der Waals surface area contributed by atoms with Gasteiger partial charge < -0.3 is 19.4 Å². The molecule has 0 radical (unpaired) electrons. The Morgan fingerprint density at radius 2 is 2.24 bits per heavy atom. The largest absolute Gasteiger partial charge is 0.464 e. The maximum atomic E-state index is 5.87. The third-order valence-electron chi connectivity index (χ3n) is 4.25. The number of nitrogens with one attached hydrogen (secondary N) is 1. The van der Waals surface area contributed by atoms with E-state index < -0.39 is 0 Å². The Balaban J connectivity index is 1.76. The summed E-state index contributed by atoms with van der Waals surface area (Å²) in [5, 5.41) is 3.42. The maximum Gasteiger partial charge on any atom is 0.130 e. The van der Waals surface area contributed by atoms with Gasteiger partial charge in [0.1, 0.15) is 18.1 Å². The van der Waals surface area contributed by atoms with Crippen molar-refractivity contribution in [2.75, 3.05) is 20.2 Å². The smallest absolute Gasteiger partial charge is 0.130 e. The standard InChI is InChI=1S/C17H30N2O2/c1-13(2)18-10-15-9-17(21-14(15)3)12-20-11-16-7-5-6-8-19(16)4/h9,13,16,18H,5-8,10-12H2,1-4H3. The van der Waals surface area contributed by atoms with Crippen LogP contribution in [-0.4, -0.2) is 37.2 Å². The number of nitrogens with zero attached hydrogens (tertiary/aromatic N) is 1. The highest BCUT2D eigenvalue weighted by Gasteiger charge is 2.19. The Labute approximate surface area is 128 Å². The van der Waals surface area contributed by atoms with Crippen molar-refractivity contribution in [2.24, 2.45) is 0 Å². The lowest BCUT2D eigenvalue weighted by Crippen LogP contribution is -2.39. The van der Waals surface area contributed by atoms with Crippen molar-refractivity contribution in [1.29, 1.82) is 0 Å². The SMILES string of the molecule is Cc1oc(COCC2CCCCN2C)cc1CNC(C)C. The summed E-state index contributed by atoms with van der Waals surface area (Å²) in [6.45, 7) is 9.76. The summed E-state index contributed by atoms with van der Waals surface area (Å²) in [7, 11) is 2.19. The van der Waals surface area contributed by atoms with Crippen LogP contribution in [0, 0.1) is 6.92 Å². The van der Waals surface area contributed by atoms with Crippen molar-refractivity contribution in [3.63, 3.8) is 0 Å². The minimum Gasteiger partial charge on any atom is -0.464 e. The lowest BCUT2D eigenvalue weighted by Gasteiger charge is -2.32. The second-order valence-electron chi connectivity index (χ2n) is 6.48. The van der Waals surface area contributed by atoms with Crippen LogP contribution < -0.4 is 5.32 Å². The van der Waals surface area contributed by atoms with Gasteiger partial charge in [0.2, 0.25) is 0 Å². The first-order valence-electron chi connectivity index (χ1n) is 8.16. The highest BCUT2D eigenvalue weighted by Crippen LogP contribution is 2.18. The molecule has 1 atom stereocenters. The predicted molar refractivity (Wildman–Crippen MR) is 85.3 cm³/mol. The van der Waals surface area contributed by atoms with E-state index in [9.17, 15) is 0 Å². The quantitative estimate of drug-likeness (QED) is 0.838. The second-order valence-corrected chi connectivity index (χ2v) is 6.48. The molecule has 120 valence electrons. The van der Waals surface area contributed by atoms with E-state index in [1.165, 1.54) is 31.4 Å². The maximum absolute atomic E-state index is 5.87. The minimum atomic E-state index is 0.487. The molecular formula is C17H30N2O2. The lowest BCUT2D eigenvalue weighted by atomic mass is 10.0. The first-order chi connectivity index (χ1) is 10.1. The molecular weight excluding hydrogens is 264 g/mol. The second kappa shape index (κ2) is 7.97. The first-order valence-corrected chi connectivity index (χ1v) is 8.16. The highest BCUT2D eigenvalue weighted by molar-refractivity contribution is 5.20. The Morgan fingerprint density at radius 1 is 1.43 bits per heavy atom.